The van der Waals surface area contributed by atoms with E-state index in [1.54, 1.807) is 0 Å². The first-order valence-electron chi connectivity index (χ1n) is 14.0. The largest absolute Gasteiger partial charge is 0.522 e. The molecule has 0 aromatic carbocycles. The van der Waals surface area contributed by atoms with Crippen molar-refractivity contribution >= 4 is 17.9 Å². The first kappa shape index (κ1) is 38.6. The molecule has 0 radical (unpaired) electrons. The molecule has 0 rings (SSSR count). The lowest BCUT2D eigenvalue weighted by Gasteiger charge is -2.10. The maximum absolute atomic E-state index is 12.5. The molecule has 0 aliphatic rings. The Morgan fingerprint density at radius 1 is 0.561 bits per heavy atom. The monoisotopic (exact) mass is 608 g/mol. The lowest BCUT2D eigenvalue weighted by molar-refractivity contribution is -0.325. The lowest BCUT2D eigenvalue weighted by atomic mass is 10.1. The molecule has 0 aromatic heterocycles. The fourth-order valence-electron chi connectivity index (χ4n) is 3.39. The summed E-state index contributed by atoms with van der Waals surface area (Å²) < 4.78 is 94.3. The number of carbonyl (C=O) groups excluding carboxylic acids is 3. The molecule has 0 aliphatic carbocycles. The van der Waals surface area contributed by atoms with Crippen LogP contribution in [0.15, 0.2) is 11.6 Å². The number of rotatable bonds is 24. The number of halogens is 6. The van der Waals surface area contributed by atoms with Gasteiger partial charge in [-0.3, -0.25) is 14.3 Å². The van der Waals surface area contributed by atoms with Gasteiger partial charge in [0.05, 0.1) is 45.0 Å². The third-order valence-corrected chi connectivity index (χ3v) is 5.49. The number of ether oxygens (including phenoxy) is 5. The van der Waals surface area contributed by atoms with Gasteiger partial charge < -0.3 is 14.2 Å². The van der Waals surface area contributed by atoms with Crippen LogP contribution in [0.25, 0.3) is 0 Å². The first-order chi connectivity index (χ1) is 19.3. The van der Waals surface area contributed by atoms with Crippen molar-refractivity contribution in [3.63, 3.8) is 0 Å². The summed E-state index contributed by atoms with van der Waals surface area (Å²) in [4.78, 5) is 36.9. The summed E-state index contributed by atoms with van der Waals surface area (Å²) in [5.41, 5.74) is -0.270. The number of hydrogen-bond acceptors (Lipinski definition) is 8. The molecule has 0 fully saturated rings. The van der Waals surface area contributed by atoms with Crippen LogP contribution >= 0.6 is 0 Å². The second kappa shape index (κ2) is 23.2. The Balaban J connectivity index is 4.59. The van der Waals surface area contributed by atoms with Crippen LogP contribution in [-0.2, 0) is 38.1 Å². The van der Waals surface area contributed by atoms with E-state index >= 15 is 0 Å². The summed E-state index contributed by atoms with van der Waals surface area (Å²) in [6, 6.07) is 0. The Morgan fingerprint density at radius 3 is 1.44 bits per heavy atom. The maximum Gasteiger partial charge on any atom is 0.522 e. The highest BCUT2D eigenvalue weighted by molar-refractivity contribution is 5.99. The third kappa shape index (κ3) is 27.6. The van der Waals surface area contributed by atoms with Gasteiger partial charge in [0.25, 0.3) is 0 Å². The van der Waals surface area contributed by atoms with Crippen molar-refractivity contribution in [1.29, 1.82) is 0 Å². The molecule has 0 aromatic rings. The second-order valence-corrected chi connectivity index (χ2v) is 9.20. The second-order valence-electron chi connectivity index (χ2n) is 9.20. The van der Waals surface area contributed by atoms with E-state index < -0.39 is 50.3 Å². The van der Waals surface area contributed by atoms with Crippen LogP contribution in [0.3, 0.4) is 0 Å². The maximum atomic E-state index is 12.5. The average Bonchev–Trinajstić information content (AvgIpc) is 2.87. The molecule has 14 heteroatoms. The molecule has 8 nitrogen and oxygen atoms in total. The average molecular weight is 609 g/mol. The molecule has 0 heterocycles. The summed E-state index contributed by atoms with van der Waals surface area (Å²) in [6.45, 7) is 1.20. The lowest BCUT2D eigenvalue weighted by Crippen LogP contribution is -2.17. The van der Waals surface area contributed by atoms with E-state index in [4.69, 9.17) is 14.2 Å². The Labute approximate surface area is 237 Å². The van der Waals surface area contributed by atoms with Crippen LogP contribution in [-0.4, -0.2) is 63.7 Å². The van der Waals surface area contributed by atoms with E-state index in [-0.39, 0.29) is 38.2 Å². The summed E-state index contributed by atoms with van der Waals surface area (Å²) in [5.74, 6) is -2.54. The highest BCUT2D eigenvalue weighted by atomic mass is 19.4. The van der Waals surface area contributed by atoms with Gasteiger partial charge in [0.1, 0.15) is 0 Å². The molecule has 0 saturated carbocycles. The van der Waals surface area contributed by atoms with Gasteiger partial charge in [0.2, 0.25) is 0 Å². The fourth-order valence-corrected chi connectivity index (χ4v) is 3.39. The Bertz CT molecular complexity index is 753. The molecule has 0 unspecified atom stereocenters. The molecule has 41 heavy (non-hydrogen) atoms. The minimum atomic E-state index is -4.68. The first-order valence-corrected chi connectivity index (χ1v) is 14.0. The molecule has 0 spiro atoms. The number of carbonyl (C=O) groups is 3. The number of esters is 3. The van der Waals surface area contributed by atoms with E-state index in [1.165, 1.54) is 0 Å². The SMILES string of the molecule is CCCCCCCOC(=O)C/C(=C/C(=O)OCCCCCCOC(F)(F)F)C(=O)OCCCCCCOC(F)(F)F. The van der Waals surface area contributed by atoms with Crippen molar-refractivity contribution in [2.45, 2.75) is 110 Å². The van der Waals surface area contributed by atoms with Gasteiger partial charge in [0, 0.05) is 6.08 Å². The molecule has 0 amide bonds. The predicted molar refractivity (Wildman–Crippen MR) is 135 cm³/mol. The molecule has 240 valence electrons. The predicted octanol–water partition coefficient (Wildman–Crippen LogP) is 7.10. The number of hydrogen-bond donors (Lipinski definition) is 0. The number of alkyl halides is 6. The Hall–Kier alpha value is -2.35. The smallest absolute Gasteiger partial charge is 0.465 e. The van der Waals surface area contributed by atoms with Crippen LogP contribution in [0.4, 0.5) is 26.3 Å². The van der Waals surface area contributed by atoms with Crippen LogP contribution in [0.5, 0.6) is 0 Å². The van der Waals surface area contributed by atoms with Gasteiger partial charge >= 0.3 is 30.6 Å². The van der Waals surface area contributed by atoms with Crippen LogP contribution in [0, 0.1) is 0 Å². The van der Waals surface area contributed by atoms with Gasteiger partial charge in [-0.05, 0) is 44.9 Å². The van der Waals surface area contributed by atoms with Gasteiger partial charge in [-0.2, -0.15) is 0 Å². The molecule has 0 atom stereocenters. The fraction of sp³-hybridized carbons (Fsp3) is 0.815. The quantitative estimate of drug-likeness (QED) is 0.0377. The topological polar surface area (TPSA) is 97.4 Å². The van der Waals surface area contributed by atoms with Crippen molar-refractivity contribution in [3.05, 3.63) is 11.6 Å². The molecule has 0 saturated heterocycles. The minimum absolute atomic E-state index is 0.0436. The van der Waals surface area contributed by atoms with Crippen LogP contribution in [0.2, 0.25) is 0 Å². The van der Waals surface area contributed by atoms with E-state index in [0.29, 0.717) is 44.9 Å². The normalized spacial score (nSPS) is 12.3. The summed E-state index contributed by atoms with van der Waals surface area (Å²) in [6.07, 6.45) is -1.43. The highest BCUT2D eigenvalue weighted by Gasteiger charge is 2.29. The van der Waals surface area contributed by atoms with Crippen molar-refractivity contribution in [3.8, 4) is 0 Å². The Kier molecular flexibility index (Phi) is 21.9. The summed E-state index contributed by atoms with van der Waals surface area (Å²) in [7, 11) is 0. The Morgan fingerprint density at radius 2 is 0.976 bits per heavy atom. The third-order valence-electron chi connectivity index (χ3n) is 5.49. The van der Waals surface area contributed by atoms with Crippen LogP contribution in [0.1, 0.15) is 96.8 Å². The van der Waals surface area contributed by atoms with Crippen LogP contribution < -0.4 is 0 Å². The van der Waals surface area contributed by atoms with Gasteiger partial charge in [-0.15, -0.1) is 26.3 Å². The van der Waals surface area contributed by atoms with Crippen molar-refractivity contribution < 1.29 is 64.4 Å². The van der Waals surface area contributed by atoms with Crippen molar-refractivity contribution in [2.24, 2.45) is 0 Å². The molecular weight excluding hydrogens is 566 g/mol. The zero-order chi connectivity index (χ0) is 31.0. The molecule has 0 bridgehead atoms. The van der Waals surface area contributed by atoms with Gasteiger partial charge in [-0.25, -0.2) is 9.59 Å². The summed E-state index contributed by atoms with van der Waals surface area (Å²) in [5, 5.41) is 0. The molecule has 0 aliphatic heterocycles. The molecule has 0 N–H and O–H groups in total. The van der Waals surface area contributed by atoms with E-state index in [1.807, 2.05) is 0 Å². The summed E-state index contributed by atoms with van der Waals surface area (Å²) >= 11 is 0. The molecular formula is C27H42F6O8. The van der Waals surface area contributed by atoms with E-state index in [0.717, 1.165) is 31.8 Å². The highest BCUT2D eigenvalue weighted by Crippen LogP contribution is 2.18. The van der Waals surface area contributed by atoms with E-state index in [9.17, 15) is 40.7 Å². The zero-order valence-corrected chi connectivity index (χ0v) is 23.5. The minimum Gasteiger partial charge on any atom is -0.465 e. The zero-order valence-electron chi connectivity index (χ0n) is 23.5. The van der Waals surface area contributed by atoms with Gasteiger partial charge in [0.15, 0.2) is 0 Å². The van der Waals surface area contributed by atoms with Gasteiger partial charge in [-0.1, -0.05) is 45.4 Å². The standard InChI is InChI=1S/C27H42F6O8/c1-2-3-4-5-10-15-37-23(34)20-22(25(36)39-17-12-7-9-14-19-41-27(31,32)33)21-24(35)38-16-11-6-8-13-18-40-26(28,29)30/h21H,2-20H2,1H3/b22-21-. The van der Waals surface area contributed by atoms with Crippen molar-refractivity contribution in [1.82, 2.24) is 0 Å². The van der Waals surface area contributed by atoms with E-state index in [2.05, 4.69) is 16.4 Å². The number of unbranched alkanes of at least 4 members (excludes halogenated alkanes) is 10. The van der Waals surface area contributed by atoms with Crippen molar-refractivity contribution in [2.75, 3.05) is 33.0 Å².